The van der Waals surface area contributed by atoms with Crippen molar-refractivity contribution < 1.29 is 4.74 Å². The van der Waals surface area contributed by atoms with Crippen molar-refractivity contribution in [2.75, 3.05) is 6.61 Å². The molecule has 3 aromatic carbocycles. The molecule has 2 atom stereocenters. The Labute approximate surface area is 150 Å². The first kappa shape index (κ1) is 16.1. The van der Waals surface area contributed by atoms with Gasteiger partial charge in [-0.3, -0.25) is 0 Å². The molecule has 0 radical (unpaired) electrons. The highest BCUT2D eigenvalue weighted by atomic mass is 16.6. The summed E-state index contributed by atoms with van der Waals surface area (Å²) in [6, 6.07) is 32.7. The zero-order chi connectivity index (χ0) is 17.1. The van der Waals surface area contributed by atoms with Crippen LogP contribution in [0.15, 0.2) is 91.0 Å². The fraction of sp³-hybridized carbons (Fsp3) is 0.250. The van der Waals surface area contributed by atoms with E-state index in [1.54, 1.807) is 0 Å². The Morgan fingerprint density at radius 1 is 0.800 bits per heavy atom. The Kier molecular flexibility index (Phi) is 4.42. The van der Waals surface area contributed by atoms with Crippen molar-refractivity contribution in [1.29, 1.82) is 0 Å². The summed E-state index contributed by atoms with van der Waals surface area (Å²) < 4.78 is 5.65. The van der Waals surface area contributed by atoms with Gasteiger partial charge in [0.25, 0.3) is 0 Å². The van der Waals surface area contributed by atoms with Gasteiger partial charge in [0.2, 0.25) is 0 Å². The van der Waals surface area contributed by atoms with E-state index in [1.807, 2.05) is 0 Å². The summed E-state index contributed by atoms with van der Waals surface area (Å²) in [5, 5.41) is 0. The van der Waals surface area contributed by atoms with Gasteiger partial charge in [-0.1, -0.05) is 97.9 Å². The minimum Gasteiger partial charge on any atom is -0.373 e. The average molecular weight is 328 g/mol. The first-order valence-corrected chi connectivity index (χ1v) is 9.04. The van der Waals surface area contributed by atoms with E-state index < -0.39 is 0 Å². The van der Waals surface area contributed by atoms with E-state index >= 15 is 0 Å². The molecule has 3 aromatic rings. The Bertz CT molecular complexity index is 754. The molecule has 0 bridgehead atoms. The molecule has 1 saturated heterocycles. The first-order valence-electron chi connectivity index (χ1n) is 9.04. The number of ether oxygens (including phenoxy) is 1. The quantitative estimate of drug-likeness (QED) is 0.539. The molecule has 0 aromatic heterocycles. The maximum atomic E-state index is 5.65. The zero-order valence-electron chi connectivity index (χ0n) is 14.6. The van der Waals surface area contributed by atoms with Gasteiger partial charge in [-0.25, -0.2) is 0 Å². The van der Waals surface area contributed by atoms with Crippen LogP contribution in [0.1, 0.15) is 36.0 Å². The lowest BCUT2D eigenvalue weighted by Gasteiger charge is -2.39. The van der Waals surface area contributed by atoms with Gasteiger partial charge < -0.3 is 4.74 Å². The van der Waals surface area contributed by atoms with Crippen LogP contribution in [-0.2, 0) is 10.2 Å². The molecule has 1 aliphatic heterocycles. The van der Waals surface area contributed by atoms with E-state index in [9.17, 15) is 0 Å². The number of hydrogen-bond acceptors (Lipinski definition) is 1. The van der Waals surface area contributed by atoms with Crippen LogP contribution in [0.4, 0.5) is 0 Å². The maximum Gasteiger partial charge on any atom is 0.0818 e. The second kappa shape index (κ2) is 6.85. The zero-order valence-corrected chi connectivity index (χ0v) is 14.6. The molecule has 126 valence electrons. The van der Waals surface area contributed by atoms with Crippen LogP contribution in [0.2, 0.25) is 0 Å². The molecule has 25 heavy (non-hydrogen) atoms. The fourth-order valence-electron chi connectivity index (χ4n) is 4.10. The third kappa shape index (κ3) is 3.38. The van der Waals surface area contributed by atoms with Gasteiger partial charge >= 0.3 is 0 Å². The van der Waals surface area contributed by atoms with Crippen LogP contribution >= 0.6 is 0 Å². The molecule has 0 N–H and O–H groups in total. The van der Waals surface area contributed by atoms with E-state index in [0.717, 1.165) is 13.0 Å². The molecule has 1 heterocycles. The van der Waals surface area contributed by atoms with Crippen molar-refractivity contribution >= 4 is 0 Å². The van der Waals surface area contributed by atoms with Crippen LogP contribution in [-0.4, -0.2) is 12.7 Å². The lowest BCUT2D eigenvalue weighted by molar-refractivity contribution is 0.309. The average Bonchev–Trinajstić information content (AvgIpc) is 3.48. The molecule has 2 unspecified atom stereocenters. The standard InChI is InChI=1S/C24H24O/c1-24(17-22-18-25-22,21-15-9-4-10-16-21)23(19-11-5-2-6-12-19)20-13-7-3-8-14-20/h2-16,22-23H,17-18H2,1H3. The summed E-state index contributed by atoms with van der Waals surface area (Å²) in [5.41, 5.74) is 4.08. The number of benzene rings is 3. The molecule has 0 saturated carbocycles. The predicted octanol–water partition coefficient (Wildman–Crippen LogP) is 5.57. The fourth-order valence-corrected chi connectivity index (χ4v) is 4.10. The largest absolute Gasteiger partial charge is 0.373 e. The van der Waals surface area contributed by atoms with Crippen molar-refractivity contribution in [3.05, 3.63) is 108 Å². The SMILES string of the molecule is CC(CC1CO1)(c1ccccc1)C(c1ccccc1)c1ccccc1. The Morgan fingerprint density at radius 2 is 1.24 bits per heavy atom. The number of epoxide rings is 1. The van der Waals surface area contributed by atoms with E-state index in [-0.39, 0.29) is 5.41 Å². The van der Waals surface area contributed by atoms with Gasteiger partial charge in [0.1, 0.15) is 0 Å². The summed E-state index contributed by atoms with van der Waals surface area (Å²) in [6.45, 7) is 3.29. The van der Waals surface area contributed by atoms with Crippen molar-refractivity contribution in [3.63, 3.8) is 0 Å². The van der Waals surface area contributed by atoms with Gasteiger partial charge in [0.15, 0.2) is 0 Å². The molecule has 1 fully saturated rings. The van der Waals surface area contributed by atoms with Crippen LogP contribution in [0.5, 0.6) is 0 Å². The van der Waals surface area contributed by atoms with E-state index in [0.29, 0.717) is 12.0 Å². The second-order valence-electron chi connectivity index (χ2n) is 7.20. The monoisotopic (exact) mass is 328 g/mol. The molecular weight excluding hydrogens is 304 g/mol. The Hall–Kier alpha value is -2.38. The van der Waals surface area contributed by atoms with Crippen LogP contribution in [0.25, 0.3) is 0 Å². The third-order valence-electron chi connectivity index (χ3n) is 5.39. The second-order valence-corrected chi connectivity index (χ2v) is 7.20. The van der Waals surface area contributed by atoms with Crippen LogP contribution < -0.4 is 0 Å². The van der Waals surface area contributed by atoms with Crippen LogP contribution in [0, 0.1) is 0 Å². The van der Waals surface area contributed by atoms with Gasteiger partial charge in [-0.15, -0.1) is 0 Å². The van der Waals surface area contributed by atoms with Crippen molar-refractivity contribution in [3.8, 4) is 0 Å². The van der Waals surface area contributed by atoms with Gasteiger partial charge in [-0.2, -0.15) is 0 Å². The highest BCUT2D eigenvalue weighted by molar-refractivity contribution is 5.42. The lowest BCUT2D eigenvalue weighted by Crippen LogP contribution is -2.33. The Morgan fingerprint density at radius 3 is 1.68 bits per heavy atom. The summed E-state index contributed by atoms with van der Waals surface area (Å²) in [4.78, 5) is 0. The lowest BCUT2D eigenvalue weighted by atomic mass is 9.64. The Balaban J connectivity index is 1.87. The molecule has 1 heteroatoms. The number of rotatable bonds is 6. The summed E-state index contributed by atoms with van der Waals surface area (Å²) in [7, 11) is 0. The first-order chi connectivity index (χ1) is 12.3. The van der Waals surface area contributed by atoms with Crippen molar-refractivity contribution in [1.82, 2.24) is 0 Å². The van der Waals surface area contributed by atoms with Gasteiger partial charge in [0.05, 0.1) is 12.7 Å². The smallest absolute Gasteiger partial charge is 0.0818 e. The van der Waals surface area contributed by atoms with E-state index in [1.165, 1.54) is 16.7 Å². The summed E-state index contributed by atoms with van der Waals surface area (Å²) in [5.74, 6) is 0.293. The molecule has 1 nitrogen and oxygen atoms in total. The van der Waals surface area contributed by atoms with Crippen molar-refractivity contribution in [2.45, 2.75) is 30.8 Å². The third-order valence-corrected chi connectivity index (χ3v) is 5.39. The molecule has 0 amide bonds. The van der Waals surface area contributed by atoms with Gasteiger partial charge in [0, 0.05) is 11.3 Å². The highest BCUT2D eigenvalue weighted by Gasteiger charge is 2.42. The predicted molar refractivity (Wildman–Crippen MR) is 103 cm³/mol. The van der Waals surface area contributed by atoms with E-state index in [4.69, 9.17) is 4.74 Å². The maximum absolute atomic E-state index is 5.65. The molecule has 0 aliphatic carbocycles. The molecule has 4 rings (SSSR count). The normalized spacial score (nSPS) is 18.7. The number of hydrogen-bond donors (Lipinski definition) is 0. The summed E-state index contributed by atoms with van der Waals surface area (Å²) in [6.07, 6.45) is 1.41. The van der Waals surface area contributed by atoms with Gasteiger partial charge in [-0.05, 0) is 23.1 Å². The topological polar surface area (TPSA) is 12.5 Å². The molecular formula is C24H24O. The minimum absolute atomic E-state index is 0.0227. The molecule has 0 spiro atoms. The van der Waals surface area contributed by atoms with Crippen LogP contribution in [0.3, 0.4) is 0 Å². The molecule has 1 aliphatic rings. The van der Waals surface area contributed by atoms with E-state index in [2.05, 4.69) is 97.9 Å². The minimum atomic E-state index is -0.0227. The summed E-state index contributed by atoms with van der Waals surface area (Å²) >= 11 is 0. The highest BCUT2D eigenvalue weighted by Crippen LogP contribution is 2.47. The van der Waals surface area contributed by atoms with Crippen molar-refractivity contribution in [2.24, 2.45) is 0 Å².